The van der Waals surface area contributed by atoms with Gasteiger partial charge in [0.05, 0.1) is 0 Å². The van der Waals surface area contributed by atoms with Crippen LogP contribution in [0, 0.1) is 5.82 Å². The van der Waals surface area contributed by atoms with Crippen LogP contribution in [0.1, 0.15) is 18.9 Å². The van der Waals surface area contributed by atoms with Crippen molar-refractivity contribution in [3.05, 3.63) is 72.1 Å². The highest BCUT2D eigenvalue weighted by atomic mass is 19.1. The third-order valence-electron chi connectivity index (χ3n) is 2.80. The average molecular weight is 256 g/mol. The number of allylic oxidation sites excluding steroid dienone is 2. The lowest BCUT2D eigenvalue weighted by Crippen LogP contribution is -1.91. The first-order valence-corrected chi connectivity index (χ1v) is 6.42. The molecule has 98 valence electrons. The van der Waals surface area contributed by atoms with Crippen LogP contribution in [0.5, 0.6) is 11.5 Å². The van der Waals surface area contributed by atoms with Crippen LogP contribution in [0.4, 0.5) is 4.39 Å². The Balaban J connectivity index is 2.13. The van der Waals surface area contributed by atoms with E-state index in [1.165, 1.54) is 6.07 Å². The summed E-state index contributed by atoms with van der Waals surface area (Å²) in [5, 5.41) is 0. The maximum Gasteiger partial charge on any atom is 0.165 e. The number of aryl methyl sites for hydroxylation is 1. The van der Waals surface area contributed by atoms with Crippen LogP contribution in [-0.2, 0) is 6.42 Å². The highest BCUT2D eigenvalue weighted by Crippen LogP contribution is 2.25. The molecule has 2 aromatic carbocycles. The Bertz CT molecular complexity index is 546. The fourth-order valence-corrected chi connectivity index (χ4v) is 1.81. The normalized spacial score (nSPS) is 10.8. The Morgan fingerprint density at radius 3 is 2.63 bits per heavy atom. The SMILES string of the molecule is CC=CCCc1ccc(F)c(Oc2ccccc2)c1. The van der Waals surface area contributed by atoms with Crippen molar-refractivity contribution in [3.8, 4) is 11.5 Å². The molecule has 0 aliphatic rings. The van der Waals surface area contributed by atoms with Crippen LogP contribution in [0.25, 0.3) is 0 Å². The Morgan fingerprint density at radius 2 is 1.89 bits per heavy atom. The van der Waals surface area contributed by atoms with E-state index < -0.39 is 0 Å². The molecule has 2 heteroatoms. The number of ether oxygens (including phenoxy) is 1. The van der Waals surface area contributed by atoms with Crippen LogP contribution >= 0.6 is 0 Å². The Hall–Kier alpha value is -2.09. The van der Waals surface area contributed by atoms with Crippen LogP contribution in [0.3, 0.4) is 0 Å². The van der Waals surface area contributed by atoms with Crippen molar-refractivity contribution in [1.82, 2.24) is 0 Å². The smallest absolute Gasteiger partial charge is 0.165 e. The van der Waals surface area contributed by atoms with Crippen molar-refractivity contribution in [3.63, 3.8) is 0 Å². The van der Waals surface area contributed by atoms with Crippen LogP contribution < -0.4 is 4.74 Å². The zero-order chi connectivity index (χ0) is 13.5. The zero-order valence-electron chi connectivity index (χ0n) is 11.0. The molecule has 2 aromatic rings. The Labute approximate surface area is 113 Å². The molecule has 0 N–H and O–H groups in total. The van der Waals surface area contributed by atoms with E-state index in [1.54, 1.807) is 12.1 Å². The summed E-state index contributed by atoms with van der Waals surface area (Å²) >= 11 is 0. The van der Waals surface area contributed by atoms with Crippen molar-refractivity contribution in [2.75, 3.05) is 0 Å². The monoisotopic (exact) mass is 256 g/mol. The van der Waals surface area contributed by atoms with Crippen molar-refractivity contribution in [1.29, 1.82) is 0 Å². The minimum atomic E-state index is -0.335. The molecule has 0 heterocycles. The molecule has 0 atom stereocenters. The molecule has 0 fully saturated rings. The summed E-state index contributed by atoms with van der Waals surface area (Å²) in [4.78, 5) is 0. The lowest BCUT2D eigenvalue weighted by atomic mass is 10.1. The summed E-state index contributed by atoms with van der Waals surface area (Å²) in [6.07, 6.45) is 5.95. The first-order chi connectivity index (χ1) is 9.29. The van der Waals surface area contributed by atoms with Crippen molar-refractivity contribution in [2.45, 2.75) is 19.8 Å². The molecular weight excluding hydrogens is 239 g/mol. The fraction of sp³-hybridized carbons (Fsp3) is 0.176. The Kier molecular flexibility index (Phi) is 4.73. The fourth-order valence-electron chi connectivity index (χ4n) is 1.81. The first kappa shape index (κ1) is 13.3. The summed E-state index contributed by atoms with van der Waals surface area (Å²) in [7, 11) is 0. The van der Waals surface area contributed by atoms with Gasteiger partial charge in [0.1, 0.15) is 5.75 Å². The molecular formula is C17H17FO. The van der Waals surface area contributed by atoms with Gasteiger partial charge in [-0.25, -0.2) is 4.39 Å². The van der Waals surface area contributed by atoms with E-state index >= 15 is 0 Å². The second-order valence-electron chi connectivity index (χ2n) is 4.29. The van der Waals surface area contributed by atoms with E-state index in [0.717, 1.165) is 18.4 Å². The maximum absolute atomic E-state index is 13.7. The summed E-state index contributed by atoms with van der Waals surface area (Å²) in [5.41, 5.74) is 1.07. The molecule has 0 aliphatic carbocycles. The lowest BCUT2D eigenvalue weighted by molar-refractivity contribution is 0.441. The second kappa shape index (κ2) is 6.74. The maximum atomic E-state index is 13.7. The predicted molar refractivity (Wildman–Crippen MR) is 76.1 cm³/mol. The standard InChI is InChI=1S/C17H17FO/c1-2-3-5-8-14-11-12-16(18)17(13-14)19-15-9-6-4-7-10-15/h2-4,6-7,9-13H,5,8H2,1H3. The Morgan fingerprint density at radius 1 is 1.11 bits per heavy atom. The molecule has 0 bridgehead atoms. The van der Waals surface area contributed by atoms with E-state index in [0.29, 0.717) is 5.75 Å². The number of rotatable bonds is 5. The van der Waals surface area contributed by atoms with E-state index in [1.807, 2.05) is 43.3 Å². The molecule has 0 saturated heterocycles. The molecule has 0 aliphatic heterocycles. The third-order valence-corrected chi connectivity index (χ3v) is 2.80. The average Bonchev–Trinajstić information content (AvgIpc) is 2.44. The number of para-hydroxylation sites is 1. The van der Waals surface area contributed by atoms with Gasteiger partial charge in [-0.15, -0.1) is 0 Å². The molecule has 0 amide bonds. The van der Waals surface area contributed by atoms with Crippen molar-refractivity contribution >= 4 is 0 Å². The van der Waals surface area contributed by atoms with E-state index in [9.17, 15) is 4.39 Å². The first-order valence-electron chi connectivity index (χ1n) is 6.42. The molecule has 19 heavy (non-hydrogen) atoms. The molecule has 0 saturated carbocycles. The van der Waals surface area contributed by atoms with E-state index in [2.05, 4.69) is 6.08 Å². The largest absolute Gasteiger partial charge is 0.454 e. The number of halogens is 1. The van der Waals surface area contributed by atoms with Gasteiger partial charge >= 0.3 is 0 Å². The van der Waals surface area contributed by atoms with Crippen molar-refractivity contribution < 1.29 is 9.13 Å². The molecule has 0 aromatic heterocycles. The predicted octanol–water partition coefficient (Wildman–Crippen LogP) is 5.13. The summed E-state index contributed by atoms with van der Waals surface area (Å²) in [6, 6.07) is 14.3. The number of hydrogen-bond donors (Lipinski definition) is 0. The van der Waals surface area contributed by atoms with Gasteiger partial charge < -0.3 is 4.74 Å². The van der Waals surface area contributed by atoms with Gasteiger partial charge in [-0.1, -0.05) is 36.4 Å². The second-order valence-corrected chi connectivity index (χ2v) is 4.29. The van der Waals surface area contributed by atoms with E-state index in [4.69, 9.17) is 4.74 Å². The highest BCUT2D eigenvalue weighted by molar-refractivity contribution is 5.35. The minimum Gasteiger partial charge on any atom is -0.454 e. The highest BCUT2D eigenvalue weighted by Gasteiger charge is 2.05. The number of hydrogen-bond acceptors (Lipinski definition) is 1. The van der Waals surface area contributed by atoms with Crippen LogP contribution in [0.15, 0.2) is 60.7 Å². The molecule has 2 rings (SSSR count). The minimum absolute atomic E-state index is 0.282. The van der Waals surface area contributed by atoms with Crippen LogP contribution in [0.2, 0.25) is 0 Å². The van der Waals surface area contributed by atoms with Crippen LogP contribution in [-0.4, -0.2) is 0 Å². The van der Waals surface area contributed by atoms with Gasteiger partial charge in [-0.3, -0.25) is 0 Å². The number of benzene rings is 2. The van der Waals surface area contributed by atoms with Gasteiger partial charge in [0.15, 0.2) is 11.6 Å². The molecule has 0 spiro atoms. The van der Waals surface area contributed by atoms with Gasteiger partial charge in [0.2, 0.25) is 0 Å². The van der Waals surface area contributed by atoms with Gasteiger partial charge in [-0.2, -0.15) is 0 Å². The molecule has 0 radical (unpaired) electrons. The van der Waals surface area contributed by atoms with Gasteiger partial charge in [0.25, 0.3) is 0 Å². The summed E-state index contributed by atoms with van der Waals surface area (Å²) < 4.78 is 19.3. The summed E-state index contributed by atoms with van der Waals surface area (Å²) in [6.45, 7) is 1.99. The third kappa shape index (κ3) is 3.95. The molecule has 1 nitrogen and oxygen atoms in total. The van der Waals surface area contributed by atoms with E-state index in [-0.39, 0.29) is 11.6 Å². The zero-order valence-corrected chi connectivity index (χ0v) is 11.0. The quantitative estimate of drug-likeness (QED) is 0.674. The van der Waals surface area contributed by atoms with Crippen molar-refractivity contribution in [2.24, 2.45) is 0 Å². The van der Waals surface area contributed by atoms with Gasteiger partial charge in [0, 0.05) is 0 Å². The lowest BCUT2D eigenvalue weighted by Gasteiger charge is -2.08. The topological polar surface area (TPSA) is 9.23 Å². The molecule has 0 unspecified atom stereocenters. The van der Waals surface area contributed by atoms with Gasteiger partial charge in [-0.05, 0) is 49.6 Å². The summed E-state index contributed by atoms with van der Waals surface area (Å²) in [5.74, 6) is 0.592.